The summed E-state index contributed by atoms with van der Waals surface area (Å²) < 4.78 is 14.8. The Hall–Kier alpha value is -2.25. The minimum Gasteiger partial charge on any atom is -0.369 e. The van der Waals surface area contributed by atoms with Crippen LogP contribution in [0.1, 0.15) is 11.8 Å². The maximum atomic E-state index is 13.1. The molecule has 7 heteroatoms. The number of benzene rings is 1. The van der Waals surface area contributed by atoms with Gasteiger partial charge in [-0.1, -0.05) is 6.92 Å². The molecule has 1 aliphatic rings. The zero-order valence-electron chi connectivity index (χ0n) is 14.7. The number of hydrogen-bond acceptors (Lipinski definition) is 5. The molecule has 0 spiro atoms. The van der Waals surface area contributed by atoms with Crippen molar-refractivity contribution in [1.82, 2.24) is 14.5 Å². The maximum absolute atomic E-state index is 13.1. The molecule has 1 fully saturated rings. The van der Waals surface area contributed by atoms with Crippen LogP contribution < -0.4 is 10.5 Å². The standard InChI is InChI=1S/C19H21FN4OS/c1-2-16-11-17-18(26-16)21-12-24(19(17)25)13-22-7-9-23(10-8-22)15-5-3-14(20)4-6-15/h3-6,11-12H,2,7-10,13H2,1H3. The Morgan fingerprint density at radius 1 is 1.15 bits per heavy atom. The van der Waals surface area contributed by atoms with Crippen LogP contribution in [0.5, 0.6) is 0 Å². The molecule has 0 saturated carbocycles. The van der Waals surface area contributed by atoms with Crippen LogP contribution in [0.3, 0.4) is 0 Å². The van der Waals surface area contributed by atoms with E-state index in [4.69, 9.17) is 0 Å². The van der Waals surface area contributed by atoms with Gasteiger partial charge in [0.05, 0.1) is 12.1 Å². The third-order valence-electron chi connectivity index (χ3n) is 4.83. The Balaban J connectivity index is 1.44. The average Bonchev–Trinajstić information content (AvgIpc) is 3.10. The number of thiophene rings is 1. The number of halogens is 1. The van der Waals surface area contributed by atoms with Gasteiger partial charge >= 0.3 is 0 Å². The van der Waals surface area contributed by atoms with Crippen LogP contribution in [-0.2, 0) is 13.1 Å². The van der Waals surface area contributed by atoms with Gasteiger partial charge < -0.3 is 4.90 Å². The fourth-order valence-electron chi connectivity index (χ4n) is 3.30. The van der Waals surface area contributed by atoms with Crippen LogP contribution in [0.25, 0.3) is 10.2 Å². The van der Waals surface area contributed by atoms with Gasteiger partial charge in [-0.2, -0.15) is 0 Å². The Labute approximate surface area is 155 Å². The fraction of sp³-hybridized carbons (Fsp3) is 0.368. The van der Waals surface area contributed by atoms with Crippen LogP contribution in [0, 0.1) is 5.82 Å². The lowest BCUT2D eigenvalue weighted by molar-refractivity contribution is 0.203. The molecule has 0 N–H and O–H groups in total. The number of anilines is 1. The van der Waals surface area contributed by atoms with Crippen molar-refractivity contribution in [2.45, 2.75) is 20.0 Å². The second-order valence-electron chi connectivity index (χ2n) is 6.53. The Morgan fingerprint density at radius 3 is 2.58 bits per heavy atom. The number of aryl methyl sites for hydroxylation is 1. The van der Waals surface area contributed by atoms with Gasteiger partial charge in [0.2, 0.25) is 0 Å². The number of nitrogens with zero attached hydrogens (tertiary/aromatic N) is 4. The Morgan fingerprint density at radius 2 is 1.88 bits per heavy atom. The second kappa shape index (κ2) is 7.17. The Bertz CT molecular complexity index is 958. The molecule has 3 heterocycles. The van der Waals surface area contributed by atoms with Crippen LogP contribution in [0.2, 0.25) is 0 Å². The monoisotopic (exact) mass is 372 g/mol. The Kier molecular flexibility index (Phi) is 4.74. The predicted molar refractivity (Wildman–Crippen MR) is 103 cm³/mol. The van der Waals surface area contributed by atoms with E-state index in [9.17, 15) is 9.18 Å². The molecule has 1 aromatic carbocycles. The molecule has 3 aromatic rings. The van der Waals surface area contributed by atoms with Gasteiger partial charge in [-0.3, -0.25) is 14.3 Å². The molecule has 5 nitrogen and oxygen atoms in total. The fourth-order valence-corrected chi connectivity index (χ4v) is 4.23. The first-order chi connectivity index (χ1) is 12.6. The van der Waals surface area contributed by atoms with E-state index < -0.39 is 0 Å². The van der Waals surface area contributed by atoms with E-state index in [1.54, 1.807) is 22.2 Å². The summed E-state index contributed by atoms with van der Waals surface area (Å²) in [6.45, 7) is 6.06. The van der Waals surface area contributed by atoms with Crippen LogP contribution >= 0.6 is 11.3 Å². The van der Waals surface area contributed by atoms with E-state index >= 15 is 0 Å². The molecular formula is C19H21FN4OS. The minimum absolute atomic E-state index is 0.0342. The first kappa shape index (κ1) is 17.2. The highest BCUT2D eigenvalue weighted by molar-refractivity contribution is 7.18. The third-order valence-corrected chi connectivity index (χ3v) is 6.02. The lowest BCUT2D eigenvalue weighted by Gasteiger charge is -2.36. The first-order valence-corrected chi connectivity index (χ1v) is 9.66. The molecule has 0 atom stereocenters. The SMILES string of the molecule is CCc1cc2c(=O)n(CN3CCN(c4ccc(F)cc4)CC3)cnc2s1. The molecular weight excluding hydrogens is 351 g/mol. The van der Waals surface area contributed by atoms with Crippen molar-refractivity contribution >= 4 is 27.2 Å². The third kappa shape index (κ3) is 3.37. The number of aromatic nitrogens is 2. The summed E-state index contributed by atoms with van der Waals surface area (Å²) in [6.07, 6.45) is 2.58. The van der Waals surface area contributed by atoms with Crippen molar-refractivity contribution in [3.63, 3.8) is 0 Å². The quantitative estimate of drug-likeness (QED) is 0.706. The summed E-state index contributed by atoms with van der Waals surface area (Å²) in [6, 6.07) is 8.59. The normalized spacial score (nSPS) is 15.7. The van der Waals surface area contributed by atoms with Crippen LogP contribution in [-0.4, -0.2) is 40.6 Å². The van der Waals surface area contributed by atoms with Crippen molar-refractivity contribution in [2.24, 2.45) is 0 Å². The topological polar surface area (TPSA) is 41.4 Å². The van der Waals surface area contributed by atoms with E-state index in [1.807, 2.05) is 18.2 Å². The molecule has 0 bridgehead atoms. The molecule has 4 rings (SSSR count). The lowest BCUT2D eigenvalue weighted by atomic mass is 10.2. The average molecular weight is 372 g/mol. The number of fused-ring (bicyclic) bond motifs is 1. The number of rotatable bonds is 4. The molecule has 136 valence electrons. The van der Waals surface area contributed by atoms with Crippen molar-refractivity contribution in [3.05, 3.63) is 57.7 Å². The highest BCUT2D eigenvalue weighted by Crippen LogP contribution is 2.21. The summed E-state index contributed by atoms with van der Waals surface area (Å²) >= 11 is 1.59. The molecule has 1 aliphatic heterocycles. The van der Waals surface area contributed by atoms with Gasteiger partial charge in [-0.15, -0.1) is 11.3 Å². The van der Waals surface area contributed by atoms with Gasteiger partial charge in [0.25, 0.3) is 5.56 Å². The first-order valence-electron chi connectivity index (χ1n) is 8.85. The number of hydrogen-bond donors (Lipinski definition) is 0. The molecule has 0 aliphatic carbocycles. The van der Waals surface area contributed by atoms with E-state index in [1.165, 1.54) is 17.0 Å². The van der Waals surface area contributed by atoms with Gasteiger partial charge in [-0.05, 0) is 36.8 Å². The summed E-state index contributed by atoms with van der Waals surface area (Å²) in [5.74, 6) is -0.214. The van der Waals surface area contributed by atoms with E-state index in [2.05, 4.69) is 21.7 Å². The van der Waals surface area contributed by atoms with Crippen molar-refractivity contribution < 1.29 is 4.39 Å². The molecule has 26 heavy (non-hydrogen) atoms. The summed E-state index contributed by atoms with van der Waals surface area (Å²) in [4.78, 5) is 23.7. The van der Waals surface area contributed by atoms with Gasteiger partial charge in [0.15, 0.2) is 0 Å². The van der Waals surface area contributed by atoms with Crippen LogP contribution in [0.4, 0.5) is 10.1 Å². The second-order valence-corrected chi connectivity index (χ2v) is 7.64. The summed E-state index contributed by atoms with van der Waals surface area (Å²) in [5.41, 5.74) is 1.07. The highest BCUT2D eigenvalue weighted by atomic mass is 32.1. The zero-order valence-corrected chi connectivity index (χ0v) is 15.5. The van der Waals surface area contributed by atoms with Gasteiger partial charge in [-0.25, -0.2) is 9.37 Å². The lowest BCUT2D eigenvalue weighted by Crippen LogP contribution is -2.47. The molecule has 0 amide bonds. The van der Waals surface area contributed by atoms with E-state index in [0.29, 0.717) is 6.67 Å². The zero-order chi connectivity index (χ0) is 18.1. The molecule has 0 unspecified atom stereocenters. The van der Waals surface area contributed by atoms with E-state index in [0.717, 1.165) is 48.5 Å². The predicted octanol–water partition coefficient (Wildman–Crippen LogP) is 2.94. The summed E-state index contributed by atoms with van der Waals surface area (Å²) in [7, 11) is 0. The van der Waals surface area contributed by atoms with Gasteiger partial charge in [0.1, 0.15) is 17.0 Å². The van der Waals surface area contributed by atoms with Gasteiger partial charge in [0, 0.05) is 36.7 Å². The van der Waals surface area contributed by atoms with Crippen LogP contribution in [0.15, 0.2) is 41.5 Å². The maximum Gasteiger partial charge on any atom is 0.263 e. The highest BCUT2D eigenvalue weighted by Gasteiger charge is 2.18. The van der Waals surface area contributed by atoms with E-state index in [-0.39, 0.29) is 11.4 Å². The minimum atomic E-state index is -0.214. The van der Waals surface area contributed by atoms with Crippen molar-refractivity contribution in [2.75, 3.05) is 31.1 Å². The van der Waals surface area contributed by atoms with Crippen molar-refractivity contribution in [3.8, 4) is 0 Å². The molecule has 0 radical (unpaired) electrons. The summed E-state index contributed by atoms with van der Waals surface area (Å²) in [5, 5.41) is 0.722. The largest absolute Gasteiger partial charge is 0.369 e. The van der Waals surface area contributed by atoms with Crippen molar-refractivity contribution in [1.29, 1.82) is 0 Å². The smallest absolute Gasteiger partial charge is 0.263 e. The molecule has 2 aromatic heterocycles. The molecule has 1 saturated heterocycles. The number of piperazine rings is 1.